The van der Waals surface area contributed by atoms with E-state index in [9.17, 15) is 4.79 Å². The SMILES string of the molecule is CCCC(CCC)Nc1c2c(nc3c(-c4ccc(C=O)cc4Cl)cnn13)CCC2. The normalized spacial score (nSPS) is 13.2. The fourth-order valence-corrected chi connectivity index (χ4v) is 4.61. The molecule has 0 fully saturated rings. The molecule has 0 aliphatic heterocycles. The molecule has 5 nitrogen and oxygen atoms in total. The Balaban J connectivity index is 1.84. The van der Waals surface area contributed by atoms with Crippen LogP contribution in [0.15, 0.2) is 24.4 Å². The van der Waals surface area contributed by atoms with E-state index in [1.165, 1.54) is 5.56 Å². The molecule has 2 aromatic heterocycles. The number of hydrogen-bond acceptors (Lipinski definition) is 4. The molecule has 6 heteroatoms. The maximum absolute atomic E-state index is 11.1. The highest BCUT2D eigenvalue weighted by molar-refractivity contribution is 6.33. The molecule has 0 atom stereocenters. The Kier molecular flexibility index (Phi) is 5.86. The van der Waals surface area contributed by atoms with Gasteiger partial charge in [0.05, 0.1) is 6.20 Å². The largest absolute Gasteiger partial charge is 0.367 e. The van der Waals surface area contributed by atoms with E-state index in [1.54, 1.807) is 12.1 Å². The number of halogens is 1. The first kappa shape index (κ1) is 19.9. The Morgan fingerprint density at radius 1 is 1.21 bits per heavy atom. The number of carbonyl (C=O) groups excluding carboxylic acids is 1. The van der Waals surface area contributed by atoms with Crippen LogP contribution in [-0.4, -0.2) is 26.9 Å². The van der Waals surface area contributed by atoms with Gasteiger partial charge in [-0.2, -0.15) is 9.61 Å². The van der Waals surface area contributed by atoms with E-state index < -0.39 is 0 Å². The van der Waals surface area contributed by atoms with Crippen LogP contribution >= 0.6 is 11.6 Å². The number of aromatic nitrogens is 3. The van der Waals surface area contributed by atoms with Crippen molar-refractivity contribution in [2.75, 3.05) is 5.32 Å². The van der Waals surface area contributed by atoms with Crippen molar-refractivity contribution in [3.05, 3.63) is 46.2 Å². The molecule has 3 aromatic rings. The van der Waals surface area contributed by atoms with Crippen molar-refractivity contribution in [3.8, 4) is 11.1 Å². The molecular formula is C23H27ClN4O. The lowest BCUT2D eigenvalue weighted by Crippen LogP contribution is -2.22. The van der Waals surface area contributed by atoms with Gasteiger partial charge in [0.15, 0.2) is 5.65 Å². The predicted molar refractivity (Wildman–Crippen MR) is 118 cm³/mol. The van der Waals surface area contributed by atoms with Gasteiger partial charge >= 0.3 is 0 Å². The number of aldehydes is 1. The number of fused-ring (bicyclic) bond motifs is 2. The Bertz CT molecular complexity index is 1040. The summed E-state index contributed by atoms with van der Waals surface area (Å²) in [6.45, 7) is 4.46. The van der Waals surface area contributed by atoms with Gasteiger partial charge in [0.25, 0.3) is 0 Å². The van der Waals surface area contributed by atoms with Gasteiger partial charge in [0.1, 0.15) is 12.1 Å². The zero-order valence-corrected chi connectivity index (χ0v) is 17.8. The summed E-state index contributed by atoms with van der Waals surface area (Å²) in [4.78, 5) is 16.0. The number of nitrogens with zero attached hydrogens (tertiary/aromatic N) is 3. The minimum Gasteiger partial charge on any atom is -0.367 e. The molecule has 29 heavy (non-hydrogen) atoms. The van der Waals surface area contributed by atoms with Crippen molar-refractivity contribution in [2.45, 2.75) is 64.8 Å². The second-order valence-electron chi connectivity index (χ2n) is 7.81. The molecule has 1 aliphatic carbocycles. The molecule has 1 N–H and O–H groups in total. The second-order valence-corrected chi connectivity index (χ2v) is 8.22. The van der Waals surface area contributed by atoms with Crippen molar-refractivity contribution in [3.63, 3.8) is 0 Å². The average Bonchev–Trinajstić information content (AvgIpc) is 3.35. The molecule has 4 rings (SSSR count). The monoisotopic (exact) mass is 410 g/mol. The van der Waals surface area contributed by atoms with Crippen molar-refractivity contribution in [2.24, 2.45) is 0 Å². The molecule has 0 amide bonds. The number of rotatable bonds is 8. The topological polar surface area (TPSA) is 59.3 Å². The van der Waals surface area contributed by atoms with E-state index in [1.807, 2.05) is 16.8 Å². The van der Waals surface area contributed by atoms with Crippen molar-refractivity contribution < 1.29 is 4.79 Å². The Labute approximate surface area is 176 Å². The number of carbonyl (C=O) groups is 1. The molecule has 0 saturated carbocycles. The summed E-state index contributed by atoms with van der Waals surface area (Å²) in [5.41, 5.74) is 5.59. The van der Waals surface area contributed by atoms with Crippen LogP contribution in [-0.2, 0) is 12.8 Å². The number of anilines is 1. The lowest BCUT2D eigenvalue weighted by atomic mass is 10.1. The zero-order valence-electron chi connectivity index (χ0n) is 17.0. The fourth-order valence-electron chi connectivity index (χ4n) is 4.32. The molecule has 152 valence electrons. The number of benzene rings is 1. The first-order valence-corrected chi connectivity index (χ1v) is 10.9. The minimum absolute atomic E-state index is 0.434. The van der Waals surface area contributed by atoms with Gasteiger partial charge in [-0.3, -0.25) is 4.79 Å². The predicted octanol–water partition coefficient (Wildman–Crippen LogP) is 5.73. The van der Waals surface area contributed by atoms with E-state index in [4.69, 9.17) is 21.7 Å². The highest BCUT2D eigenvalue weighted by atomic mass is 35.5. The van der Waals surface area contributed by atoms with Gasteiger partial charge in [0, 0.05) is 39.0 Å². The van der Waals surface area contributed by atoms with Crippen LogP contribution in [0.1, 0.15) is 67.6 Å². The summed E-state index contributed by atoms with van der Waals surface area (Å²) in [6.07, 6.45) is 10.4. The van der Waals surface area contributed by atoms with E-state index in [0.717, 1.165) is 79.5 Å². The van der Waals surface area contributed by atoms with Gasteiger partial charge in [-0.25, -0.2) is 4.98 Å². The van der Waals surface area contributed by atoms with Crippen LogP contribution in [0.5, 0.6) is 0 Å². The number of aryl methyl sites for hydroxylation is 1. The van der Waals surface area contributed by atoms with Crippen LogP contribution in [0.3, 0.4) is 0 Å². The molecule has 2 heterocycles. The first-order chi connectivity index (χ1) is 14.2. The summed E-state index contributed by atoms with van der Waals surface area (Å²) in [5, 5.41) is 9.03. The Morgan fingerprint density at radius 2 is 2.00 bits per heavy atom. The third-order valence-electron chi connectivity index (χ3n) is 5.71. The fraction of sp³-hybridized carbons (Fsp3) is 0.435. The molecule has 0 saturated heterocycles. The van der Waals surface area contributed by atoms with Crippen LogP contribution in [0.2, 0.25) is 5.02 Å². The van der Waals surface area contributed by atoms with E-state index in [2.05, 4.69) is 19.2 Å². The molecule has 0 unspecified atom stereocenters. The Morgan fingerprint density at radius 3 is 2.69 bits per heavy atom. The van der Waals surface area contributed by atoms with Gasteiger partial charge in [-0.05, 0) is 38.2 Å². The van der Waals surface area contributed by atoms with Crippen LogP contribution < -0.4 is 5.32 Å². The average molecular weight is 411 g/mol. The van der Waals surface area contributed by atoms with Gasteiger partial charge < -0.3 is 5.32 Å². The lowest BCUT2D eigenvalue weighted by Gasteiger charge is -2.21. The quantitative estimate of drug-likeness (QED) is 0.481. The van der Waals surface area contributed by atoms with Gasteiger partial charge in [-0.15, -0.1) is 0 Å². The highest BCUT2D eigenvalue weighted by Crippen LogP contribution is 2.35. The molecule has 1 aromatic carbocycles. The third-order valence-corrected chi connectivity index (χ3v) is 6.02. The zero-order chi connectivity index (χ0) is 20.4. The molecule has 0 radical (unpaired) electrons. The van der Waals surface area contributed by atoms with Crippen LogP contribution in [0, 0.1) is 0 Å². The van der Waals surface area contributed by atoms with Crippen molar-refractivity contribution >= 4 is 29.4 Å². The summed E-state index contributed by atoms with van der Waals surface area (Å²) < 4.78 is 1.95. The summed E-state index contributed by atoms with van der Waals surface area (Å²) in [6, 6.07) is 5.78. The molecule has 0 spiro atoms. The molecule has 0 bridgehead atoms. The maximum Gasteiger partial charge on any atom is 0.165 e. The Hall–Kier alpha value is -2.40. The van der Waals surface area contributed by atoms with Crippen molar-refractivity contribution in [1.82, 2.24) is 14.6 Å². The van der Waals surface area contributed by atoms with Gasteiger partial charge in [0.2, 0.25) is 0 Å². The maximum atomic E-state index is 11.1. The van der Waals surface area contributed by atoms with Crippen LogP contribution in [0.4, 0.5) is 5.82 Å². The second kappa shape index (κ2) is 8.54. The number of hydrogen-bond donors (Lipinski definition) is 1. The molecular weight excluding hydrogens is 384 g/mol. The summed E-state index contributed by atoms with van der Waals surface area (Å²) in [7, 11) is 0. The standard InChI is InChI=1S/C23H27ClN4O/c1-3-6-16(7-4-2)26-22-18-8-5-9-21(18)27-23-19(13-25-28(22)23)17-11-10-15(14-29)12-20(17)24/h10-14,16,26H,3-9H2,1-2H3. The van der Waals surface area contributed by atoms with E-state index in [0.29, 0.717) is 16.6 Å². The van der Waals surface area contributed by atoms with E-state index in [-0.39, 0.29) is 0 Å². The van der Waals surface area contributed by atoms with E-state index >= 15 is 0 Å². The molecule has 1 aliphatic rings. The first-order valence-electron chi connectivity index (χ1n) is 10.6. The van der Waals surface area contributed by atoms with Gasteiger partial charge in [-0.1, -0.05) is 50.4 Å². The van der Waals surface area contributed by atoms with Crippen LogP contribution in [0.25, 0.3) is 16.8 Å². The third kappa shape index (κ3) is 3.76. The highest BCUT2D eigenvalue weighted by Gasteiger charge is 2.24. The smallest absolute Gasteiger partial charge is 0.165 e. The number of nitrogens with one attached hydrogen (secondary N) is 1. The summed E-state index contributed by atoms with van der Waals surface area (Å²) in [5.74, 6) is 1.08. The lowest BCUT2D eigenvalue weighted by molar-refractivity contribution is 0.112. The summed E-state index contributed by atoms with van der Waals surface area (Å²) >= 11 is 6.48. The van der Waals surface area contributed by atoms with Crippen molar-refractivity contribution in [1.29, 1.82) is 0 Å². The minimum atomic E-state index is 0.434.